The van der Waals surface area contributed by atoms with Crippen LogP contribution in [-0.2, 0) is 21.8 Å². The smallest absolute Gasteiger partial charge is 0.417 e. The van der Waals surface area contributed by atoms with Gasteiger partial charge in [0.1, 0.15) is 22.9 Å². The molecule has 2 aliphatic rings. The molecule has 0 unspecified atom stereocenters. The molecule has 3 heterocycles. The van der Waals surface area contributed by atoms with Crippen LogP contribution in [0.5, 0.6) is 0 Å². The number of hydrogen-bond donors (Lipinski definition) is 5. The lowest BCUT2D eigenvalue weighted by atomic mass is 9.85. The first-order valence-electron chi connectivity index (χ1n) is 11.3. The summed E-state index contributed by atoms with van der Waals surface area (Å²) in [6, 6.07) is 4.09. The number of fused-ring (bicyclic) bond motifs is 1. The van der Waals surface area contributed by atoms with Crippen LogP contribution in [0.3, 0.4) is 0 Å². The van der Waals surface area contributed by atoms with Gasteiger partial charge in [0.25, 0.3) is 5.91 Å². The van der Waals surface area contributed by atoms with E-state index in [0.717, 1.165) is 6.07 Å². The monoisotopic (exact) mass is 577 g/mol. The van der Waals surface area contributed by atoms with Gasteiger partial charge in [0.15, 0.2) is 0 Å². The largest absolute Gasteiger partial charge is 0.465 e. The molecule has 0 aliphatic carbocycles. The molecular weight excluding hydrogens is 554 g/mol. The minimum absolute atomic E-state index is 0.0407. The quantitative estimate of drug-likeness (QED) is 0.277. The molecule has 9 nitrogen and oxygen atoms in total. The van der Waals surface area contributed by atoms with Gasteiger partial charge < -0.3 is 10.4 Å². The fraction of sp³-hybridized carbons (Fsp3) is 0.391. The Morgan fingerprint density at radius 3 is 2.50 bits per heavy atom. The van der Waals surface area contributed by atoms with E-state index in [1.54, 1.807) is 13.8 Å². The summed E-state index contributed by atoms with van der Waals surface area (Å²) in [5, 5.41) is 12.8. The third kappa shape index (κ3) is 4.54. The number of halogens is 5. The van der Waals surface area contributed by atoms with Crippen molar-refractivity contribution in [3.63, 3.8) is 0 Å². The first-order valence-corrected chi connectivity index (χ1v) is 13.5. The molecule has 2 atom stereocenters. The van der Waals surface area contributed by atoms with Crippen molar-refractivity contribution in [1.82, 2.24) is 15.0 Å². The van der Waals surface area contributed by atoms with E-state index in [2.05, 4.69) is 25.3 Å². The van der Waals surface area contributed by atoms with Crippen LogP contribution in [0.2, 0.25) is 5.02 Å². The van der Waals surface area contributed by atoms with Crippen molar-refractivity contribution in [2.24, 2.45) is 4.99 Å². The zero-order chi connectivity index (χ0) is 28.3. The zero-order valence-corrected chi connectivity index (χ0v) is 21.9. The summed E-state index contributed by atoms with van der Waals surface area (Å²) in [5.41, 5.74) is -3.13. The highest BCUT2D eigenvalue weighted by molar-refractivity contribution is 8.04. The Morgan fingerprint density at radius 1 is 1.21 bits per heavy atom. The van der Waals surface area contributed by atoms with Gasteiger partial charge in [-0.1, -0.05) is 11.6 Å². The summed E-state index contributed by atoms with van der Waals surface area (Å²) in [4.78, 5) is 32.3. The first kappa shape index (κ1) is 27.9. The molecule has 0 spiro atoms. The predicted molar refractivity (Wildman–Crippen MR) is 135 cm³/mol. The van der Waals surface area contributed by atoms with Crippen LogP contribution in [0.25, 0.3) is 0 Å². The fourth-order valence-corrected chi connectivity index (χ4v) is 8.87. The third-order valence-electron chi connectivity index (χ3n) is 6.98. The van der Waals surface area contributed by atoms with Crippen molar-refractivity contribution in [3.05, 3.63) is 58.1 Å². The van der Waals surface area contributed by atoms with E-state index in [1.807, 2.05) is 0 Å². The van der Waals surface area contributed by atoms with E-state index in [9.17, 15) is 32.1 Å². The molecule has 2 aliphatic heterocycles. The molecule has 1 aromatic heterocycles. The van der Waals surface area contributed by atoms with Gasteiger partial charge in [0.2, 0.25) is 0 Å². The van der Waals surface area contributed by atoms with Gasteiger partial charge in [-0.05, 0) is 61.6 Å². The molecule has 1 fully saturated rings. The molecule has 1 saturated heterocycles. The van der Waals surface area contributed by atoms with E-state index in [4.69, 9.17) is 11.6 Å². The highest BCUT2D eigenvalue weighted by Gasteiger charge is 2.59. The lowest BCUT2D eigenvalue weighted by Gasteiger charge is -2.51. The van der Waals surface area contributed by atoms with Crippen molar-refractivity contribution in [3.8, 4) is 0 Å². The number of hydrogen-bond acceptors (Lipinski definition) is 5. The minimum Gasteiger partial charge on any atom is -0.465 e. The fourth-order valence-electron chi connectivity index (χ4n) is 4.95. The van der Waals surface area contributed by atoms with Gasteiger partial charge in [0.05, 0.1) is 20.6 Å². The average molecular weight is 578 g/mol. The van der Waals surface area contributed by atoms with Crippen molar-refractivity contribution < 1.29 is 36.5 Å². The molecule has 4 rings (SSSR count). The number of carboxylic acid groups (broad SMARTS) is 1. The van der Waals surface area contributed by atoms with Crippen LogP contribution in [0, 0.1) is 5.82 Å². The second-order valence-electron chi connectivity index (χ2n) is 9.67. The highest BCUT2D eigenvalue weighted by Crippen LogP contribution is 2.49. The number of thiol groups is 1. The lowest BCUT2D eigenvalue weighted by molar-refractivity contribution is -0.137. The van der Waals surface area contributed by atoms with Crippen molar-refractivity contribution in [2.45, 2.75) is 48.9 Å². The van der Waals surface area contributed by atoms with Crippen LogP contribution in [-0.4, -0.2) is 48.7 Å². The normalized spacial score (nSPS) is 24.6. The summed E-state index contributed by atoms with van der Waals surface area (Å²) in [6.45, 7) is 5.07. The molecule has 0 saturated carbocycles. The molecule has 1 aromatic carbocycles. The van der Waals surface area contributed by atoms with Gasteiger partial charge in [-0.15, -0.1) is 0 Å². The Kier molecular flexibility index (Phi) is 6.81. The molecule has 4 N–H and O–H groups in total. The van der Waals surface area contributed by atoms with Crippen LogP contribution < -0.4 is 15.4 Å². The Morgan fingerprint density at radius 2 is 1.89 bits per heavy atom. The number of amidine groups is 1. The molecule has 0 radical (unpaired) electrons. The van der Waals surface area contributed by atoms with E-state index >= 15 is 4.39 Å². The number of carbonyl (C=O) groups excluding carboxylic acids is 1. The van der Waals surface area contributed by atoms with Gasteiger partial charge >= 0.3 is 12.3 Å². The van der Waals surface area contributed by atoms with Crippen LogP contribution in [0.4, 0.5) is 28.0 Å². The highest BCUT2D eigenvalue weighted by atomic mass is 35.5. The standard InChI is InChI=1S/C23H24ClF4N5O4S/c1-21(2)19(32-20(35)36)33-22(3,16-6-7-30-38(16,21)37)13-9-12(4-5-15(13)25)31-18(34)17-14(24)8-11(10-29-17)23(26,27)28/h4-5,8-10,16,38H,6-7H2,1-3H3,(H,30,37)(H,31,34)(H,32,33)(H,35,36)/t16-,22+/m0/s1. The Balaban J connectivity index is 1.75. The van der Waals surface area contributed by atoms with Gasteiger partial charge in [-0.3, -0.25) is 24.0 Å². The number of carbonyl (C=O) groups is 2. The second-order valence-corrected chi connectivity index (χ2v) is 13.4. The number of alkyl halides is 3. The number of nitrogens with zero attached hydrogens (tertiary/aromatic N) is 2. The number of benzene rings is 1. The molecular formula is C23H24ClF4N5O4S. The maximum Gasteiger partial charge on any atom is 0.417 e. The SMILES string of the molecule is CC1(C)C(NC(=O)O)=N[C@](C)(c2cc(NC(=O)c3ncc(C(F)(F)F)cc3Cl)ccc2F)[C@@H]2CCN[SH]21=O. The Hall–Kier alpha value is -3.10. The molecule has 15 heteroatoms. The maximum atomic E-state index is 15.3. The molecule has 38 heavy (non-hydrogen) atoms. The maximum absolute atomic E-state index is 15.3. The van der Waals surface area contributed by atoms with Gasteiger partial charge in [0, 0.05) is 24.0 Å². The number of pyridine rings is 1. The Bertz CT molecular complexity index is 1420. The summed E-state index contributed by atoms with van der Waals surface area (Å²) >= 11 is 5.86. The summed E-state index contributed by atoms with van der Waals surface area (Å²) in [5.74, 6) is -1.79. The van der Waals surface area contributed by atoms with E-state index < -0.39 is 65.9 Å². The van der Waals surface area contributed by atoms with Crippen LogP contribution in [0.15, 0.2) is 35.5 Å². The number of rotatable bonds is 3. The zero-order valence-electron chi connectivity index (χ0n) is 20.3. The topological polar surface area (TPSA) is 133 Å². The molecule has 206 valence electrons. The van der Waals surface area contributed by atoms with E-state index in [0.29, 0.717) is 25.2 Å². The van der Waals surface area contributed by atoms with Gasteiger partial charge in [-0.2, -0.15) is 13.2 Å². The summed E-state index contributed by atoms with van der Waals surface area (Å²) < 4.78 is 70.0. The average Bonchev–Trinajstić information content (AvgIpc) is 3.22. The van der Waals surface area contributed by atoms with Crippen LogP contribution >= 0.6 is 11.6 Å². The summed E-state index contributed by atoms with van der Waals surface area (Å²) in [7, 11) is -3.39. The van der Waals surface area contributed by atoms with Crippen molar-refractivity contribution in [2.75, 3.05) is 11.9 Å². The summed E-state index contributed by atoms with van der Waals surface area (Å²) in [6.07, 6.45) is -5.30. The number of aliphatic imine (C=N–C) groups is 1. The number of amides is 2. The lowest BCUT2D eigenvalue weighted by Crippen LogP contribution is -2.65. The van der Waals surface area contributed by atoms with Crippen LogP contribution in [0.1, 0.15) is 48.8 Å². The van der Waals surface area contributed by atoms with E-state index in [1.165, 1.54) is 19.1 Å². The molecule has 2 amide bonds. The predicted octanol–water partition coefficient (Wildman–Crippen LogP) is 4.11. The third-order valence-corrected chi connectivity index (χ3v) is 11.5. The number of nitrogens with one attached hydrogen (secondary N) is 3. The Labute approximate surface area is 220 Å². The van der Waals surface area contributed by atoms with Crippen molar-refractivity contribution in [1.29, 1.82) is 0 Å². The first-order chi connectivity index (χ1) is 17.5. The molecule has 0 bridgehead atoms. The van der Waals surface area contributed by atoms with Crippen molar-refractivity contribution >= 4 is 45.2 Å². The minimum atomic E-state index is -4.70. The molecule has 2 aromatic rings. The van der Waals surface area contributed by atoms with Gasteiger partial charge in [-0.25, -0.2) is 14.2 Å². The number of anilines is 1. The number of aromatic nitrogens is 1. The second kappa shape index (κ2) is 9.27. The van der Waals surface area contributed by atoms with E-state index in [-0.39, 0.29) is 17.1 Å².